The number of benzene rings is 1. The summed E-state index contributed by atoms with van der Waals surface area (Å²) in [6, 6.07) is 3.46. The van der Waals surface area contributed by atoms with Crippen LogP contribution >= 0.6 is 0 Å². The molecule has 5 nitrogen and oxygen atoms in total. The second-order valence-corrected chi connectivity index (χ2v) is 11.9. The van der Waals surface area contributed by atoms with Crippen molar-refractivity contribution in [3.05, 3.63) is 35.4 Å². The maximum atomic E-state index is 12.7. The van der Waals surface area contributed by atoms with Gasteiger partial charge in [0.05, 0.1) is 11.0 Å². The van der Waals surface area contributed by atoms with Gasteiger partial charge in [0.25, 0.3) is 0 Å². The first kappa shape index (κ1) is 14.2. The third kappa shape index (κ3) is 2.20. The predicted molar refractivity (Wildman–Crippen MR) is 130 cm³/mol. The molecular formula is C29H39NO4. The van der Waals surface area contributed by atoms with Crippen LogP contribution in [0.1, 0.15) is 76.6 Å². The number of aromatic hydroxyl groups is 1. The number of hydrogen-bond acceptors (Lipinski definition) is 5. The lowest BCUT2D eigenvalue weighted by atomic mass is 9.35. The minimum absolute atomic E-state index is 0.0349. The molecule has 0 amide bonds. The molecule has 0 aromatic heterocycles. The number of phenolic OH excluding ortho intramolecular Hbond substituents is 1. The largest absolute Gasteiger partial charge is 0.504 e. The monoisotopic (exact) mass is 474 g/mol. The van der Waals surface area contributed by atoms with E-state index in [-0.39, 0.29) is 18.2 Å². The second-order valence-electron chi connectivity index (χ2n) is 11.9. The van der Waals surface area contributed by atoms with Crippen LogP contribution in [0, 0.1) is 22.7 Å². The van der Waals surface area contributed by atoms with E-state index in [0.717, 1.165) is 44.0 Å². The topological polar surface area (TPSA) is 62.2 Å². The van der Waals surface area contributed by atoms with Gasteiger partial charge in [0, 0.05) is 48.9 Å². The van der Waals surface area contributed by atoms with E-state index in [1.165, 1.54) is 7.11 Å². The van der Waals surface area contributed by atoms with Gasteiger partial charge in [-0.2, -0.15) is 0 Å². The standard InChI is InChI=1S/C29H39NO4/c1-25(2,3)26(4,32)20-15-27-10-11-29(20,33-5)24-28(27)12-13-30(16-17-6-7-17)21(27)14-18-8-9-19(31)23(34-24)22(18)28/h8-11,17,20-21,24,31-32H,6-7,12-16H2,1-5H3/t20-,21-,24-,26?,27-,28+,29-/m1/s1/i1D3,2D3,3D3. The fraction of sp³-hybridized carbons (Fsp3) is 0.724. The van der Waals surface area contributed by atoms with Gasteiger partial charge < -0.3 is 19.7 Å². The molecule has 3 fully saturated rings. The molecule has 2 spiro atoms. The van der Waals surface area contributed by atoms with Crippen molar-refractivity contribution in [3.63, 3.8) is 0 Å². The van der Waals surface area contributed by atoms with Crippen molar-refractivity contribution in [3.8, 4) is 11.5 Å². The maximum Gasteiger partial charge on any atom is 0.165 e. The summed E-state index contributed by atoms with van der Waals surface area (Å²) < 4.78 is 88.8. The number of fused-ring (bicyclic) bond motifs is 1. The Morgan fingerprint density at radius 3 is 2.76 bits per heavy atom. The average Bonchev–Trinajstić information content (AvgIpc) is 3.61. The summed E-state index contributed by atoms with van der Waals surface area (Å²) in [6.07, 6.45) is 6.66. The minimum atomic E-state index is -3.61. The van der Waals surface area contributed by atoms with Crippen LogP contribution in [0.2, 0.25) is 0 Å². The molecule has 5 heteroatoms. The van der Waals surface area contributed by atoms with E-state index in [1.807, 2.05) is 6.07 Å². The number of piperidine rings is 1. The Morgan fingerprint density at radius 1 is 1.26 bits per heavy atom. The number of hydrogen-bond donors (Lipinski definition) is 2. The number of methoxy groups -OCH3 is 1. The van der Waals surface area contributed by atoms with Crippen molar-refractivity contribution < 1.29 is 32.0 Å². The highest BCUT2D eigenvalue weighted by Crippen LogP contribution is 2.76. The molecule has 184 valence electrons. The van der Waals surface area contributed by atoms with Crippen LogP contribution in [0.3, 0.4) is 0 Å². The van der Waals surface area contributed by atoms with E-state index in [2.05, 4.69) is 11.0 Å². The summed E-state index contributed by atoms with van der Waals surface area (Å²) in [7, 11) is 1.40. The van der Waals surface area contributed by atoms with E-state index < -0.39 is 60.0 Å². The van der Waals surface area contributed by atoms with Crippen LogP contribution in [0.5, 0.6) is 11.5 Å². The first-order valence-electron chi connectivity index (χ1n) is 17.0. The molecule has 1 unspecified atom stereocenters. The molecule has 1 aromatic rings. The van der Waals surface area contributed by atoms with Crippen molar-refractivity contribution in [2.24, 2.45) is 22.7 Å². The van der Waals surface area contributed by atoms with E-state index in [4.69, 9.17) is 21.8 Å². The molecule has 2 aliphatic heterocycles. The molecule has 8 rings (SSSR count). The Labute approximate surface area is 215 Å². The van der Waals surface area contributed by atoms with Gasteiger partial charge in [-0.3, -0.25) is 4.90 Å². The van der Waals surface area contributed by atoms with Gasteiger partial charge >= 0.3 is 0 Å². The van der Waals surface area contributed by atoms with Gasteiger partial charge in [-0.15, -0.1) is 0 Å². The highest BCUT2D eigenvalue weighted by molar-refractivity contribution is 5.65. The third-order valence-corrected chi connectivity index (χ3v) is 10.5. The van der Waals surface area contributed by atoms with Crippen LogP contribution < -0.4 is 4.74 Å². The summed E-state index contributed by atoms with van der Waals surface area (Å²) in [4.78, 5) is 2.47. The SMILES string of the molecule is [2H]C([2H])([2H])C(C([2H])([2H])[2H])(C([2H])([2H])[2H])C(C)(O)[C@H]1C[C@@]23C=C[C@]1(OC)[C@@H]1Oc4c(O)ccc5c4[C@@]12CCN(CC1CC1)[C@@H]3C5. The molecule has 5 aliphatic carbocycles. The fourth-order valence-corrected chi connectivity index (χ4v) is 8.68. The Kier molecular flexibility index (Phi) is 2.61. The predicted octanol–water partition coefficient (Wildman–Crippen LogP) is 4.19. The summed E-state index contributed by atoms with van der Waals surface area (Å²) >= 11 is 0. The Hall–Kier alpha value is -1.56. The van der Waals surface area contributed by atoms with Crippen LogP contribution in [0.15, 0.2) is 24.3 Å². The lowest BCUT2D eigenvalue weighted by Gasteiger charge is -2.73. The summed E-state index contributed by atoms with van der Waals surface area (Å²) in [5, 5.41) is 23.7. The highest BCUT2D eigenvalue weighted by Gasteiger charge is 2.81. The van der Waals surface area contributed by atoms with Crippen LogP contribution in [-0.2, 0) is 16.6 Å². The zero-order valence-corrected chi connectivity index (χ0v) is 19.7. The first-order chi connectivity index (χ1) is 19.8. The van der Waals surface area contributed by atoms with Gasteiger partial charge in [0.2, 0.25) is 0 Å². The zero-order valence-electron chi connectivity index (χ0n) is 28.7. The number of likely N-dealkylation sites (tertiary alicyclic amines) is 1. The summed E-state index contributed by atoms with van der Waals surface area (Å²) in [5.41, 5.74) is -7.44. The normalized spacial score (nSPS) is 48.4. The lowest BCUT2D eigenvalue weighted by Crippen LogP contribution is -2.81. The Bertz CT molecular complexity index is 1360. The van der Waals surface area contributed by atoms with Crippen LogP contribution in [0.25, 0.3) is 0 Å². The quantitative estimate of drug-likeness (QED) is 0.641. The molecule has 34 heavy (non-hydrogen) atoms. The molecular weight excluding hydrogens is 426 g/mol. The minimum Gasteiger partial charge on any atom is -0.504 e. The number of rotatable bonds is 4. The van der Waals surface area contributed by atoms with Crippen molar-refractivity contribution >= 4 is 0 Å². The summed E-state index contributed by atoms with van der Waals surface area (Å²) in [6.45, 7) is -8.10. The third-order valence-electron chi connectivity index (χ3n) is 10.5. The molecule has 7 aliphatic rings. The van der Waals surface area contributed by atoms with Gasteiger partial charge in [0.15, 0.2) is 11.5 Å². The van der Waals surface area contributed by atoms with Crippen molar-refractivity contribution in [1.29, 1.82) is 0 Å². The Balaban J connectivity index is 1.50. The van der Waals surface area contributed by atoms with E-state index in [9.17, 15) is 10.2 Å². The van der Waals surface area contributed by atoms with E-state index >= 15 is 0 Å². The molecule has 2 heterocycles. The lowest BCUT2D eigenvalue weighted by molar-refractivity contribution is -0.263. The van der Waals surface area contributed by atoms with Crippen LogP contribution in [-0.4, -0.2) is 58.7 Å². The van der Waals surface area contributed by atoms with Crippen molar-refractivity contribution in [1.82, 2.24) is 4.90 Å². The van der Waals surface area contributed by atoms with E-state index in [1.54, 1.807) is 12.1 Å². The number of aliphatic hydroxyl groups is 1. The highest BCUT2D eigenvalue weighted by atomic mass is 16.6. The molecule has 7 atom stereocenters. The van der Waals surface area contributed by atoms with Crippen LogP contribution in [0.4, 0.5) is 0 Å². The first-order valence-corrected chi connectivity index (χ1v) is 12.5. The molecule has 4 bridgehead atoms. The van der Waals surface area contributed by atoms with Gasteiger partial charge in [-0.05, 0) is 68.5 Å². The fourth-order valence-electron chi connectivity index (χ4n) is 8.68. The Morgan fingerprint density at radius 2 is 2.06 bits per heavy atom. The second kappa shape index (κ2) is 6.22. The molecule has 1 aromatic carbocycles. The van der Waals surface area contributed by atoms with Gasteiger partial charge in [-0.1, -0.05) is 38.8 Å². The van der Waals surface area contributed by atoms with Crippen molar-refractivity contribution in [2.75, 3.05) is 20.2 Å². The molecule has 1 saturated heterocycles. The van der Waals surface area contributed by atoms with Gasteiger partial charge in [-0.25, -0.2) is 0 Å². The number of nitrogens with zero attached hydrogens (tertiary/aromatic N) is 1. The molecule has 0 radical (unpaired) electrons. The maximum absolute atomic E-state index is 12.7. The smallest absolute Gasteiger partial charge is 0.165 e. The number of phenols is 1. The molecule has 2 saturated carbocycles. The van der Waals surface area contributed by atoms with Crippen molar-refractivity contribution in [2.45, 2.75) is 88.3 Å². The number of ether oxygens (including phenoxy) is 2. The average molecular weight is 475 g/mol. The zero-order chi connectivity index (χ0) is 31.4. The van der Waals surface area contributed by atoms with E-state index in [0.29, 0.717) is 24.5 Å². The van der Waals surface area contributed by atoms with Gasteiger partial charge in [0.1, 0.15) is 11.7 Å². The summed E-state index contributed by atoms with van der Waals surface area (Å²) in [5.74, 6) is -0.413. The molecule has 2 N–H and O–H groups in total.